The third-order valence-electron chi connectivity index (χ3n) is 2.83. The molecule has 0 fully saturated rings. The van der Waals surface area contributed by atoms with Gasteiger partial charge in [-0.15, -0.1) is 0 Å². The van der Waals surface area contributed by atoms with E-state index in [9.17, 15) is 9.90 Å². The Hall–Kier alpha value is -2.24. The standard InChI is InChI=1S/C15H14ClNO4/c16-12-7-9(8-13(17)15(19)20)1-6-14(12)21-11-4-2-10(18)3-5-11/h1-7,13,18H,8,17H2,(H,19,20)/t13-/m0/s1. The lowest BCUT2D eigenvalue weighted by molar-refractivity contribution is -0.138. The summed E-state index contributed by atoms with van der Waals surface area (Å²) in [4.78, 5) is 10.7. The second-order valence-corrected chi connectivity index (χ2v) is 4.92. The lowest BCUT2D eigenvalue weighted by atomic mass is 10.1. The number of hydrogen-bond acceptors (Lipinski definition) is 4. The second-order valence-electron chi connectivity index (χ2n) is 4.51. The quantitative estimate of drug-likeness (QED) is 0.790. The molecule has 6 heteroatoms. The summed E-state index contributed by atoms with van der Waals surface area (Å²) in [5, 5.41) is 18.3. The zero-order valence-corrected chi connectivity index (χ0v) is 11.7. The van der Waals surface area contributed by atoms with Crippen LogP contribution in [-0.4, -0.2) is 22.2 Å². The molecule has 0 bridgehead atoms. The minimum absolute atomic E-state index is 0.145. The molecule has 2 rings (SSSR count). The zero-order chi connectivity index (χ0) is 15.4. The van der Waals surface area contributed by atoms with Crippen molar-refractivity contribution in [3.05, 3.63) is 53.1 Å². The molecule has 5 nitrogen and oxygen atoms in total. The third kappa shape index (κ3) is 4.11. The fourth-order valence-corrected chi connectivity index (χ4v) is 1.98. The Morgan fingerprint density at radius 3 is 2.48 bits per heavy atom. The average Bonchev–Trinajstić information content (AvgIpc) is 2.44. The number of halogens is 1. The second kappa shape index (κ2) is 6.47. The zero-order valence-electron chi connectivity index (χ0n) is 11.0. The highest BCUT2D eigenvalue weighted by molar-refractivity contribution is 6.32. The van der Waals surface area contributed by atoms with E-state index in [1.165, 1.54) is 12.1 Å². The van der Waals surface area contributed by atoms with Crippen LogP contribution < -0.4 is 10.5 Å². The van der Waals surface area contributed by atoms with Gasteiger partial charge in [0.05, 0.1) is 5.02 Å². The van der Waals surface area contributed by atoms with Crippen molar-refractivity contribution in [2.75, 3.05) is 0 Å². The van der Waals surface area contributed by atoms with E-state index in [0.29, 0.717) is 22.1 Å². The molecule has 1 atom stereocenters. The van der Waals surface area contributed by atoms with E-state index in [-0.39, 0.29) is 12.2 Å². The van der Waals surface area contributed by atoms with Crippen LogP contribution >= 0.6 is 11.6 Å². The van der Waals surface area contributed by atoms with Crippen LogP contribution in [0, 0.1) is 0 Å². The largest absolute Gasteiger partial charge is 0.508 e. The Labute approximate surface area is 126 Å². The monoisotopic (exact) mass is 307 g/mol. The number of nitrogens with two attached hydrogens (primary N) is 1. The van der Waals surface area contributed by atoms with Crippen molar-refractivity contribution in [3.63, 3.8) is 0 Å². The molecule has 0 spiro atoms. The van der Waals surface area contributed by atoms with E-state index >= 15 is 0 Å². The summed E-state index contributed by atoms with van der Waals surface area (Å²) < 4.78 is 5.58. The number of aliphatic carboxylic acids is 1. The number of carboxylic acid groups (broad SMARTS) is 1. The van der Waals surface area contributed by atoms with Gasteiger partial charge in [-0.05, 0) is 48.4 Å². The smallest absolute Gasteiger partial charge is 0.320 e. The van der Waals surface area contributed by atoms with E-state index in [0.717, 1.165) is 0 Å². The van der Waals surface area contributed by atoms with Gasteiger partial charge in [0.15, 0.2) is 0 Å². The van der Waals surface area contributed by atoms with Gasteiger partial charge in [-0.2, -0.15) is 0 Å². The molecule has 110 valence electrons. The maximum absolute atomic E-state index is 10.7. The van der Waals surface area contributed by atoms with E-state index in [2.05, 4.69) is 0 Å². The molecular weight excluding hydrogens is 294 g/mol. The summed E-state index contributed by atoms with van der Waals surface area (Å²) in [6.07, 6.45) is 0.189. The topological polar surface area (TPSA) is 92.8 Å². The van der Waals surface area contributed by atoms with Gasteiger partial charge in [-0.1, -0.05) is 17.7 Å². The van der Waals surface area contributed by atoms with Gasteiger partial charge >= 0.3 is 5.97 Å². The third-order valence-corrected chi connectivity index (χ3v) is 3.13. The van der Waals surface area contributed by atoms with Gasteiger partial charge in [-0.25, -0.2) is 0 Å². The van der Waals surface area contributed by atoms with Crippen molar-refractivity contribution < 1.29 is 19.7 Å². The molecule has 0 aromatic heterocycles. The van der Waals surface area contributed by atoms with E-state index < -0.39 is 12.0 Å². The van der Waals surface area contributed by atoms with E-state index in [1.807, 2.05) is 0 Å². The molecule has 0 saturated carbocycles. The van der Waals surface area contributed by atoms with Crippen LogP contribution in [0.4, 0.5) is 0 Å². The first-order chi connectivity index (χ1) is 9.95. The Morgan fingerprint density at radius 2 is 1.90 bits per heavy atom. The summed E-state index contributed by atoms with van der Waals surface area (Å²) in [5.74, 6) is 0.0571. The van der Waals surface area contributed by atoms with Gasteiger partial charge in [0.25, 0.3) is 0 Å². The molecule has 4 N–H and O–H groups in total. The molecule has 0 radical (unpaired) electrons. The van der Waals surface area contributed by atoms with Crippen molar-refractivity contribution in [1.82, 2.24) is 0 Å². The normalized spacial score (nSPS) is 11.9. The summed E-state index contributed by atoms with van der Waals surface area (Å²) in [6, 6.07) is 10.3. The van der Waals surface area contributed by atoms with Gasteiger partial charge in [0, 0.05) is 0 Å². The highest BCUT2D eigenvalue weighted by Crippen LogP contribution is 2.31. The number of phenols is 1. The first kappa shape index (κ1) is 15.2. The Kier molecular flexibility index (Phi) is 4.67. The van der Waals surface area contributed by atoms with Crippen LogP contribution in [0.3, 0.4) is 0 Å². The van der Waals surface area contributed by atoms with Crippen LogP contribution in [0.2, 0.25) is 5.02 Å². The minimum atomic E-state index is -1.06. The van der Waals surface area contributed by atoms with Crippen LogP contribution in [0.5, 0.6) is 17.2 Å². The predicted octanol–water partition coefficient (Wildman–Crippen LogP) is 2.79. The van der Waals surface area contributed by atoms with Crippen LogP contribution in [0.15, 0.2) is 42.5 Å². The number of benzene rings is 2. The summed E-state index contributed by atoms with van der Waals surface area (Å²) >= 11 is 6.11. The number of hydrogen-bond donors (Lipinski definition) is 3. The highest BCUT2D eigenvalue weighted by atomic mass is 35.5. The van der Waals surface area contributed by atoms with Gasteiger partial charge in [0.2, 0.25) is 0 Å². The lowest BCUT2D eigenvalue weighted by Crippen LogP contribution is -2.32. The molecule has 0 aliphatic heterocycles. The number of carboxylic acids is 1. The number of ether oxygens (including phenoxy) is 1. The van der Waals surface area contributed by atoms with Gasteiger partial charge < -0.3 is 20.7 Å². The SMILES string of the molecule is N[C@@H](Cc1ccc(Oc2ccc(O)cc2)c(Cl)c1)C(=O)O. The molecule has 2 aromatic rings. The number of aromatic hydroxyl groups is 1. The van der Waals surface area contributed by atoms with Crippen molar-refractivity contribution in [2.24, 2.45) is 5.73 Å². The first-order valence-corrected chi connectivity index (χ1v) is 6.57. The number of carbonyl (C=O) groups is 1. The molecule has 0 aliphatic carbocycles. The van der Waals surface area contributed by atoms with E-state index in [4.69, 9.17) is 27.2 Å². The van der Waals surface area contributed by atoms with Crippen molar-refractivity contribution >= 4 is 17.6 Å². The van der Waals surface area contributed by atoms with Crippen molar-refractivity contribution in [2.45, 2.75) is 12.5 Å². The first-order valence-electron chi connectivity index (χ1n) is 6.19. The molecule has 0 amide bonds. The van der Waals surface area contributed by atoms with Crippen LogP contribution in [0.1, 0.15) is 5.56 Å². The predicted molar refractivity (Wildman–Crippen MR) is 78.9 cm³/mol. The highest BCUT2D eigenvalue weighted by Gasteiger charge is 2.13. The fourth-order valence-electron chi connectivity index (χ4n) is 1.74. The summed E-state index contributed by atoms with van der Waals surface area (Å²) in [5.41, 5.74) is 6.19. The maximum atomic E-state index is 10.7. The average molecular weight is 308 g/mol. The number of phenolic OH excluding ortho intramolecular Hbond substituents is 1. The number of rotatable bonds is 5. The minimum Gasteiger partial charge on any atom is -0.508 e. The summed E-state index contributed by atoms with van der Waals surface area (Å²) in [6.45, 7) is 0. The van der Waals surface area contributed by atoms with Crippen molar-refractivity contribution in [1.29, 1.82) is 0 Å². The maximum Gasteiger partial charge on any atom is 0.320 e. The summed E-state index contributed by atoms with van der Waals surface area (Å²) in [7, 11) is 0. The molecule has 0 unspecified atom stereocenters. The Morgan fingerprint density at radius 1 is 1.24 bits per heavy atom. The lowest BCUT2D eigenvalue weighted by Gasteiger charge is -2.11. The van der Waals surface area contributed by atoms with E-state index in [1.54, 1.807) is 30.3 Å². The van der Waals surface area contributed by atoms with Crippen LogP contribution in [0.25, 0.3) is 0 Å². The molecule has 0 aliphatic rings. The van der Waals surface area contributed by atoms with Crippen molar-refractivity contribution in [3.8, 4) is 17.2 Å². The Bertz CT molecular complexity index is 643. The van der Waals surface area contributed by atoms with Gasteiger partial charge in [-0.3, -0.25) is 4.79 Å². The molecular formula is C15H14ClNO4. The fraction of sp³-hybridized carbons (Fsp3) is 0.133. The molecule has 21 heavy (non-hydrogen) atoms. The molecule has 0 heterocycles. The Balaban J connectivity index is 2.12. The van der Waals surface area contributed by atoms with Crippen LogP contribution in [-0.2, 0) is 11.2 Å². The molecule has 0 saturated heterocycles. The van der Waals surface area contributed by atoms with Gasteiger partial charge in [0.1, 0.15) is 23.3 Å². The molecule has 2 aromatic carbocycles.